The Labute approximate surface area is 102 Å². The topological polar surface area (TPSA) is 35.5 Å². The number of ether oxygens (including phenoxy) is 2. The summed E-state index contributed by atoms with van der Waals surface area (Å²) in [5, 5.41) is 0. The van der Waals surface area contributed by atoms with Crippen LogP contribution >= 0.6 is 0 Å². The summed E-state index contributed by atoms with van der Waals surface area (Å²) >= 11 is 0. The van der Waals surface area contributed by atoms with Crippen molar-refractivity contribution in [3.63, 3.8) is 0 Å². The summed E-state index contributed by atoms with van der Waals surface area (Å²) in [7, 11) is 1.52. The zero-order valence-corrected chi connectivity index (χ0v) is 10.3. The molecule has 0 radical (unpaired) electrons. The van der Waals surface area contributed by atoms with E-state index in [1.807, 2.05) is 6.92 Å². The smallest absolute Gasteiger partial charge is 0.343 e. The highest BCUT2D eigenvalue weighted by Gasteiger charge is 2.16. The fourth-order valence-corrected chi connectivity index (χ4v) is 1.38. The van der Waals surface area contributed by atoms with Gasteiger partial charge in [-0.15, -0.1) is 5.92 Å². The first kappa shape index (κ1) is 13.1. The zero-order chi connectivity index (χ0) is 12.7. The predicted molar refractivity (Wildman–Crippen MR) is 65.9 cm³/mol. The molecule has 1 unspecified atom stereocenters. The number of methoxy groups -OCH3 is 1. The molecule has 3 heteroatoms. The summed E-state index contributed by atoms with van der Waals surface area (Å²) in [6, 6.07) is 6.97. The van der Waals surface area contributed by atoms with Gasteiger partial charge in [0.25, 0.3) is 0 Å². The molecular formula is C14H16O3. The van der Waals surface area contributed by atoms with Gasteiger partial charge in [0.15, 0.2) is 6.10 Å². The third-order valence-corrected chi connectivity index (χ3v) is 2.25. The minimum Gasteiger partial charge on any atom is -0.496 e. The molecule has 90 valence electrons. The van der Waals surface area contributed by atoms with E-state index in [9.17, 15) is 4.79 Å². The summed E-state index contributed by atoms with van der Waals surface area (Å²) in [6.45, 7) is 3.64. The molecule has 0 aliphatic rings. The van der Waals surface area contributed by atoms with Crippen molar-refractivity contribution in [1.29, 1.82) is 0 Å². The zero-order valence-electron chi connectivity index (χ0n) is 10.3. The summed E-state index contributed by atoms with van der Waals surface area (Å²) in [6.07, 6.45) is 0.305. The lowest BCUT2D eigenvalue weighted by molar-refractivity contribution is 0.0401. The first-order valence-electron chi connectivity index (χ1n) is 5.49. The minimum absolute atomic E-state index is 0.364. The Kier molecular flexibility index (Phi) is 5.09. The molecule has 17 heavy (non-hydrogen) atoms. The van der Waals surface area contributed by atoms with E-state index in [4.69, 9.17) is 9.47 Å². The van der Waals surface area contributed by atoms with Gasteiger partial charge >= 0.3 is 5.97 Å². The average Bonchev–Trinajstić information content (AvgIpc) is 2.38. The standard InChI is InChI=1S/C14H16O3/c1-4-8-11(5-2)17-14(15)12-9-6-7-10-13(12)16-3/h6-7,9-11H,5H2,1-3H3. The molecule has 1 atom stereocenters. The molecule has 3 nitrogen and oxygen atoms in total. The molecule has 0 N–H and O–H groups in total. The Bertz CT molecular complexity index is 440. The first-order valence-corrected chi connectivity index (χ1v) is 5.49. The number of para-hydroxylation sites is 1. The maximum absolute atomic E-state index is 11.9. The van der Waals surface area contributed by atoms with Crippen molar-refractivity contribution in [3.05, 3.63) is 29.8 Å². The lowest BCUT2D eigenvalue weighted by atomic mass is 10.2. The van der Waals surface area contributed by atoms with Gasteiger partial charge in [0.2, 0.25) is 0 Å². The third kappa shape index (κ3) is 3.53. The van der Waals surface area contributed by atoms with Crippen LogP contribution in [0.25, 0.3) is 0 Å². The Morgan fingerprint density at radius 3 is 2.71 bits per heavy atom. The third-order valence-electron chi connectivity index (χ3n) is 2.25. The number of carbonyl (C=O) groups excluding carboxylic acids is 1. The van der Waals surface area contributed by atoms with Gasteiger partial charge in [0, 0.05) is 0 Å². The fraction of sp³-hybridized carbons (Fsp3) is 0.357. The van der Waals surface area contributed by atoms with Crippen LogP contribution in [0.3, 0.4) is 0 Å². The van der Waals surface area contributed by atoms with Crippen LogP contribution in [0.5, 0.6) is 5.75 Å². The van der Waals surface area contributed by atoms with E-state index in [1.165, 1.54) is 7.11 Å². The first-order chi connectivity index (χ1) is 8.22. The monoisotopic (exact) mass is 232 g/mol. The van der Waals surface area contributed by atoms with Crippen molar-refractivity contribution in [2.24, 2.45) is 0 Å². The largest absolute Gasteiger partial charge is 0.496 e. The van der Waals surface area contributed by atoms with Crippen LogP contribution in [0.15, 0.2) is 24.3 Å². The van der Waals surface area contributed by atoms with Gasteiger partial charge in [-0.05, 0) is 25.5 Å². The molecule has 0 aliphatic heterocycles. The Hall–Kier alpha value is -1.95. The molecule has 0 fully saturated rings. The number of hydrogen-bond acceptors (Lipinski definition) is 3. The molecule has 1 aromatic rings. The van der Waals surface area contributed by atoms with Crippen molar-refractivity contribution < 1.29 is 14.3 Å². The predicted octanol–water partition coefficient (Wildman–Crippen LogP) is 2.65. The second kappa shape index (κ2) is 6.59. The maximum atomic E-state index is 11.9. The average molecular weight is 232 g/mol. The van der Waals surface area contributed by atoms with Crippen molar-refractivity contribution in [2.75, 3.05) is 7.11 Å². The molecule has 0 saturated carbocycles. The van der Waals surface area contributed by atoms with Crippen LogP contribution in [0.1, 0.15) is 30.6 Å². The molecule has 0 bridgehead atoms. The molecule has 0 aliphatic carbocycles. The van der Waals surface area contributed by atoms with Crippen LogP contribution in [0.2, 0.25) is 0 Å². The summed E-state index contributed by atoms with van der Waals surface area (Å²) < 4.78 is 10.4. The van der Waals surface area contributed by atoms with E-state index in [-0.39, 0.29) is 6.10 Å². The minimum atomic E-state index is -0.406. The molecule has 1 rings (SSSR count). The number of hydrogen-bond donors (Lipinski definition) is 0. The highest BCUT2D eigenvalue weighted by molar-refractivity contribution is 5.92. The van der Waals surface area contributed by atoms with Crippen LogP contribution in [0, 0.1) is 11.8 Å². The molecule has 0 amide bonds. The molecule has 1 aromatic carbocycles. The SMILES string of the molecule is CC#CC(CC)OC(=O)c1ccccc1OC. The van der Waals surface area contributed by atoms with Crippen molar-refractivity contribution in [1.82, 2.24) is 0 Å². The van der Waals surface area contributed by atoms with E-state index < -0.39 is 5.97 Å². The Morgan fingerprint density at radius 2 is 2.12 bits per heavy atom. The number of esters is 1. The lowest BCUT2D eigenvalue weighted by Crippen LogP contribution is -2.16. The summed E-state index contributed by atoms with van der Waals surface area (Å²) in [4.78, 5) is 11.9. The second-order valence-corrected chi connectivity index (χ2v) is 3.40. The van der Waals surface area contributed by atoms with Gasteiger partial charge in [-0.2, -0.15) is 0 Å². The Balaban J connectivity index is 2.84. The molecule has 0 saturated heterocycles. The van der Waals surface area contributed by atoms with E-state index in [0.29, 0.717) is 17.7 Å². The molecular weight excluding hydrogens is 216 g/mol. The van der Waals surface area contributed by atoms with Crippen LogP contribution in [-0.2, 0) is 4.74 Å². The quantitative estimate of drug-likeness (QED) is 0.591. The normalized spacial score (nSPS) is 11.0. The van der Waals surface area contributed by atoms with Gasteiger partial charge in [-0.25, -0.2) is 4.79 Å². The van der Waals surface area contributed by atoms with Gasteiger partial charge in [0.05, 0.1) is 7.11 Å². The van der Waals surface area contributed by atoms with E-state index in [0.717, 1.165) is 0 Å². The summed E-state index contributed by atoms with van der Waals surface area (Å²) in [5.74, 6) is 5.69. The van der Waals surface area contributed by atoms with E-state index >= 15 is 0 Å². The number of benzene rings is 1. The lowest BCUT2D eigenvalue weighted by Gasteiger charge is -2.12. The number of rotatable bonds is 4. The van der Waals surface area contributed by atoms with Crippen LogP contribution in [-0.4, -0.2) is 19.2 Å². The van der Waals surface area contributed by atoms with Crippen molar-refractivity contribution >= 4 is 5.97 Å². The van der Waals surface area contributed by atoms with Crippen LogP contribution < -0.4 is 4.74 Å². The number of carbonyl (C=O) groups is 1. The van der Waals surface area contributed by atoms with E-state index in [2.05, 4.69) is 11.8 Å². The highest BCUT2D eigenvalue weighted by Crippen LogP contribution is 2.19. The van der Waals surface area contributed by atoms with Gasteiger partial charge < -0.3 is 9.47 Å². The highest BCUT2D eigenvalue weighted by atomic mass is 16.5. The van der Waals surface area contributed by atoms with Gasteiger partial charge in [-0.3, -0.25) is 0 Å². The molecule has 0 heterocycles. The van der Waals surface area contributed by atoms with Crippen LogP contribution in [0.4, 0.5) is 0 Å². The van der Waals surface area contributed by atoms with Crippen molar-refractivity contribution in [3.8, 4) is 17.6 Å². The van der Waals surface area contributed by atoms with Gasteiger partial charge in [0.1, 0.15) is 11.3 Å². The fourth-order valence-electron chi connectivity index (χ4n) is 1.38. The summed E-state index contributed by atoms with van der Waals surface area (Å²) in [5.41, 5.74) is 0.423. The van der Waals surface area contributed by atoms with E-state index in [1.54, 1.807) is 31.2 Å². The second-order valence-electron chi connectivity index (χ2n) is 3.40. The Morgan fingerprint density at radius 1 is 1.41 bits per heavy atom. The maximum Gasteiger partial charge on any atom is 0.343 e. The molecule has 0 spiro atoms. The van der Waals surface area contributed by atoms with Gasteiger partial charge in [-0.1, -0.05) is 25.0 Å². The molecule has 0 aromatic heterocycles. The van der Waals surface area contributed by atoms with Crippen molar-refractivity contribution in [2.45, 2.75) is 26.4 Å².